The predicted octanol–water partition coefficient (Wildman–Crippen LogP) is 1.45. The van der Waals surface area contributed by atoms with Crippen molar-refractivity contribution >= 4 is 15.7 Å². The molecule has 1 aromatic rings. The van der Waals surface area contributed by atoms with E-state index in [4.69, 9.17) is 0 Å². The summed E-state index contributed by atoms with van der Waals surface area (Å²) in [7, 11) is -3.45. The predicted molar refractivity (Wildman–Crippen MR) is 68.4 cm³/mol. The highest BCUT2D eigenvalue weighted by Crippen LogP contribution is 2.13. The fourth-order valence-corrected chi connectivity index (χ4v) is 2.43. The van der Waals surface area contributed by atoms with E-state index in [0.29, 0.717) is 12.2 Å². The van der Waals surface area contributed by atoms with Gasteiger partial charge in [0.1, 0.15) is 4.90 Å². The maximum absolute atomic E-state index is 11.9. The largest absolute Gasteiger partial charge is 0.384 e. The van der Waals surface area contributed by atoms with Gasteiger partial charge < -0.3 is 5.32 Å². The molecule has 0 aliphatic heterocycles. The van der Waals surface area contributed by atoms with Gasteiger partial charge in [0.2, 0.25) is 10.0 Å². The van der Waals surface area contributed by atoms with E-state index in [1.54, 1.807) is 12.3 Å². The molecule has 0 aromatic carbocycles. The molecule has 1 rings (SSSR count). The SMILES string of the molecule is CCNc1cncc(S(=O)(=O)NCC(C)C)c1. The van der Waals surface area contributed by atoms with E-state index in [2.05, 4.69) is 15.0 Å². The fourth-order valence-electron chi connectivity index (χ4n) is 1.23. The summed E-state index contributed by atoms with van der Waals surface area (Å²) in [5, 5.41) is 3.03. The van der Waals surface area contributed by atoms with Crippen LogP contribution >= 0.6 is 0 Å². The summed E-state index contributed by atoms with van der Waals surface area (Å²) in [6.07, 6.45) is 2.95. The lowest BCUT2D eigenvalue weighted by Crippen LogP contribution is -2.27. The number of hydrogen-bond donors (Lipinski definition) is 2. The molecular formula is C11H19N3O2S. The van der Waals surface area contributed by atoms with Crippen molar-refractivity contribution in [3.8, 4) is 0 Å². The Hall–Kier alpha value is -1.14. The minimum absolute atomic E-state index is 0.191. The van der Waals surface area contributed by atoms with Crippen molar-refractivity contribution in [3.63, 3.8) is 0 Å². The third-order valence-electron chi connectivity index (χ3n) is 2.09. The van der Waals surface area contributed by atoms with Crippen LogP contribution in [-0.4, -0.2) is 26.5 Å². The number of nitrogens with one attached hydrogen (secondary N) is 2. The third kappa shape index (κ3) is 4.32. The lowest BCUT2D eigenvalue weighted by molar-refractivity contribution is 0.560. The molecule has 0 aliphatic carbocycles. The normalized spacial score (nSPS) is 11.8. The molecule has 0 saturated carbocycles. The molecule has 0 saturated heterocycles. The van der Waals surface area contributed by atoms with Crippen LogP contribution in [0.25, 0.3) is 0 Å². The fraction of sp³-hybridized carbons (Fsp3) is 0.545. The highest BCUT2D eigenvalue weighted by atomic mass is 32.2. The topological polar surface area (TPSA) is 71.1 Å². The van der Waals surface area contributed by atoms with Gasteiger partial charge in [0.05, 0.1) is 11.9 Å². The molecule has 96 valence electrons. The van der Waals surface area contributed by atoms with Crippen molar-refractivity contribution in [1.29, 1.82) is 0 Å². The molecule has 17 heavy (non-hydrogen) atoms. The van der Waals surface area contributed by atoms with E-state index in [-0.39, 0.29) is 10.8 Å². The first-order valence-electron chi connectivity index (χ1n) is 5.64. The standard InChI is InChI=1S/C11H19N3O2S/c1-4-13-10-5-11(8-12-7-10)17(15,16)14-6-9(2)3/h5,7-9,13-14H,4,6H2,1-3H3. The Kier molecular flexibility index (Phi) is 4.89. The van der Waals surface area contributed by atoms with Gasteiger partial charge in [0, 0.05) is 19.3 Å². The zero-order chi connectivity index (χ0) is 12.9. The molecule has 5 nitrogen and oxygen atoms in total. The molecule has 6 heteroatoms. The second kappa shape index (κ2) is 5.97. The van der Waals surface area contributed by atoms with Crippen LogP contribution in [0.1, 0.15) is 20.8 Å². The van der Waals surface area contributed by atoms with Crippen LogP contribution in [0.5, 0.6) is 0 Å². The summed E-state index contributed by atoms with van der Waals surface area (Å²) in [5.41, 5.74) is 0.708. The van der Waals surface area contributed by atoms with Gasteiger partial charge in [0.25, 0.3) is 0 Å². The first kappa shape index (κ1) is 13.9. The number of pyridine rings is 1. The molecule has 0 atom stereocenters. The van der Waals surface area contributed by atoms with Gasteiger partial charge in [0.15, 0.2) is 0 Å². The monoisotopic (exact) mass is 257 g/mol. The van der Waals surface area contributed by atoms with Crippen LogP contribution in [0.4, 0.5) is 5.69 Å². The Morgan fingerprint density at radius 3 is 2.65 bits per heavy atom. The molecule has 0 spiro atoms. The van der Waals surface area contributed by atoms with Crippen molar-refractivity contribution in [2.45, 2.75) is 25.7 Å². The molecule has 0 unspecified atom stereocenters. The van der Waals surface area contributed by atoms with Gasteiger partial charge in [-0.1, -0.05) is 13.8 Å². The maximum atomic E-state index is 11.9. The quantitative estimate of drug-likeness (QED) is 0.809. The summed E-state index contributed by atoms with van der Waals surface area (Å²) >= 11 is 0. The highest BCUT2D eigenvalue weighted by Gasteiger charge is 2.14. The van der Waals surface area contributed by atoms with Gasteiger partial charge in [-0.05, 0) is 18.9 Å². The van der Waals surface area contributed by atoms with E-state index in [1.807, 2.05) is 20.8 Å². The molecule has 1 aromatic heterocycles. The summed E-state index contributed by atoms with van der Waals surface area (Å²) in [4.78, 5) is 4.11. The van der Waals surface area contributed by atoms with Gasteiger partial charge >= 0.3 is 0 Å². The Morgan fingerprint density at radius 1 is 1.35 bits per heavy atom. The second-order valence-corrected chi connectivity index (χ2v) is 5.95. The number of rotatable bonds is 6. The summed E-state index contributed by atoms with van der Waals surface area (Å²) in [5.74, 6) is 0.273. The lowest BCUT2D eigenvalue weighted by Gasteiger charge is -2.09. The molecule has 0 radical (unpaired) electrons. The zero-order valence-electron chi connectivity index (χ0n) is 10.4. The average Bonchev–Trinajstić information content (AvgIpc) is 2.27. The Balaban J connectivity index is 2.87. The highest BCUT2D eigenvalue weighted by molar-refractivity contribution is 7.89. The van der Waals surface area contributed by atoms with Crippen LogP contribution in [0.2, 0.25) is 0 Å². The number of aromatic nitrogens is 1. The van der Waals surface area contributed by atoms with Crippen molar-refractivity contribution < 1.29 is 8.42 Å². The first-order valence-corrected chi connectivity index (χ1v) is 7.12. The minimum Gasteiger partial charge on any atom is -0.384 e. The van der Waals surface area contributed by atoms with Crippen molar-refractivity contribution in [2.24, 2.45) is 5.92 Å². The van der Waals surface area contributed by atoms with Crippen molar-refractivity contribution in [2.75, 3.05) is 18.4 Å². The molecular weight excluding hydrogens is 238 g/mol. The summed E-state index contributed by atoms with van der Waals surface area (Å²) in [6, 6.07) is 1.58. The van der Waals surface area contributed by atoms with Crippen molar-refractivity contribution in [1.82, 2.24) is 9.71 Å². The van der Waals surface area contributed by atoms with Gasteiger partial charge in [-0.2, -0.15) is 0 Å². The molecule has 0 amide bonds. The van der Waals surface area contributed by atoms with E-state index in [0.717, 1.165) is 6.54 Å². The zero-order valence-corrected chi connectivity index (χ0v) is 11.2. The Labute approximate surface area is 103 Å². The van der Waals surface area contributed by atoms with E-state index in [1.165, 1.54) is 6.20 Å². The smallest absolute Gasteiger partial charge is 0.242 e. The molecule has 0 fully saturated rings. The number of nitrogens with zero attached hydrogens (tertiary/aromatic N) is 1. The number of anilines is 1. The third-order valence-corrected chi connectivity index (χ3v) is 3.48. The molecule has 0 bridgehead atoms. The van der Waals surface area contributed by atoms with E-state index in [9.17, 15) is 8.42 Å². The van der Waals surface area contributed by atoms with Gasteiger partial charge in [-0.15, -0.1) is 0 Å². The van der Waals surface area contributed by atoms with Crippen LogP contribution in [0.15, 0.2) is 23.4 Å². The van der Waals surface area contributed by atoms with Crippen LogP contribution in [-0.2, 0) is 10.0 Å². The maximum Gasteiger partial charge on any atom is 0.242 e. The molecule has 2 N–H and O–H groups in total. The van der Waals surface area contributed by atoms with Gasteiger partial charge in [-0.3, -0.25) is 4.98 Å². The van der Waals surface area contributed by atoms with Crippen LogP contribution < -0.4 is 10.0 Å². The van der Waals surface area contributed by atoms with E-state index >= 15 is 0 Å². The first-order chi connectivity index (χ1) is 7.95. The Morgan fingerprint density at radius 2 is 2.06 bits per heavy atom. The summed E-state index contributed by atoms with van der Waals surface area (Å²) in [6.45, 7) is 7.00. The minimum atomic E-state index is -3.45. The lowest BCUT2D eigenvalue weighted by atomic mass is 10.2. The van der Waals surface area contributed by atoms with Crippen LogP contribution in [0.3, 0.4) is 0 Å². The molecule has 1 heterocycles. The number of hydrogen-bond acceptors (Lipinski definition) is 4. The Bertz CT molecular complexity index is 458. The number of sulfonamides is 1. The summed E-state index contributed by atoms with van der Waals surface area (Å²) < 4.78 is 26.4. The van der Waals surface area contributed by atoms with Crippen LogP contribution in [0, 0.1) is 5.92 Å². The second-order valence-electron chi connectivity index (χ2n) is 4.19. The van der Waals surface area contributed by atoms with Gasteiger partial charge in [-0.25, -0.2) is 13.1 Å². The van der Waals surface area contributed by atoms with E-state index < -0.39 is 10.0 Å². The average molecular weight is 257 g/mol. The van der Waals surface area contributed by atoms with Crippen molar-refractivity contribution in [3.05, 3.63) is 18.5 Å². The molecule has 0 aliphatic rings.